The predicted octanol–water partition coefficient (Wildman–Crippen LogP) is 1.84. The third-order valence-corrected chi connectivity index (χ3v) is 4.40. The van der Waals surface area contributed by atoms with Crippen molar-refractivity contribution in [2.45, 2.75) is 6.04 Å². The molecule has 0 spiro atoms. The van der Waals surface area contributed by atoms with Gasteiger partial charge in [0.15, 0.2) is 5.13 Å². The summed E-state index contributed by atoms with van der Waals surface area (Å²) in [7, 11) is 0. The molecule has 0 radical (unpaired) electrons. The van der Waals surface area contributed by atoms with Crippen molar-refractivity contribution in [1.82, 2.24) is 10.3 Å². The van der Waals surface area contributed by atoms with Crippen LogP contribution in [-0.4, -0.2) is 42.6 Å². The van der Waals surface area contributed by atoms with Gasteiger partial charge in [-0.05, 0) is 6.08 Å². The van der Waals surface area contributed by atoms with Crippen LogP contribution in [0, 0.1) is 0 Å². The molecule has 0 aliphatic carbocycles. The van der Waals surface area contributed by atoms with Crippen molar-refractivity contribution >= 4 is 28.3 Å². The minimum absolute atomic E-state index is 0.0226. The van der Waals surface area contributed by atoms with E-state index in [9.17, 15) is 9.59 Å². The Morgan fingerprint density at radius 2 is 2.12 bits per heavy atom. The van der Waals surface area contributed by atoms with E-state index in [1.165, 1.54) is 22.3 Å². The van der Waals surface area contributed by atoms with E-state index in [4.69, 9.17) is 4.74 Å². The average molecular weight is 343 g/mol. The lowest BCUT2D eigenvalue weighted by atomic mass is 10.2. The molecule has 2 amide bonds. The molecule has 124 valence electrons. The normalized spacial score (nSPS) is 13.8. The van der Waals surface area contributed by atoms with Gasteiger partial charge in [0.1, 0.15) is 6.54 Å². The second-order valence-electron chi connectivity index (χ2n) is 5.31. The first-order chi connectivity index (χ1) is 11.7. The number of nitrogens with zero attached hydrogens (tertiary/aromatic N) is 2. The highest BCUT2D eigenvalue weighted by molar-refractivity contribution is 7.14. The van der Waals surface area contributed by atoms with E-state index in [1.54, 1.807) is 0 Å². The van der Waals surface area contributed by atoms with E-state index in [-0.39, 0.29) is 24.4 Å². The van der Waals surface area contributed by atoms with Gasteiger partial charge in [0, 0.05) is 10.9 Å². The first kappa shape index (κ1) is 16.4. The number of aromatic nitrogens is 1. The van der Waals surface area contributed by atoms with Gasteiger partial charge in [-0.25, -0.2) is 4.98 Å². The van der Waals surface area contributed by atoms with Gasteiger partial charge in [0.25, 0.3) is 5.91 Å². The van der Waals surface area contributed by atoms with Gasteiger partial charge in [0.05, 0.1) is 24.9 Å². The Hall–Kier alpha value is -2.51. The van der Waals surface area contributed by atoms with Gasteiger partial charge in [0.2, 0.25) is 5.91 Å². The molecule has 7 heteroatoms. The maximum absolute atomic E-state index is 12.1. The highest BCUT2D eigenvalue weighted by atomic mass is 32.1. The van der Waals surface area contributed by atoms with E-state index in [2.05, 4.69) is 16.9 Å². The summed E-state index contributed by atoms with van der Waals surface area (Å²) in [4.78, 5) is 30.1. The number of carbonyl (C=O) groups is 2. The highest BCUT2D eigenvalue weighted by Crippen LogP contribution is 2.27. The fourth-order valence-corrected chi connectivity index (χ4v) is 3.05. The number of rotatable bonds is 6. The Balaban J connectivity index is 1.76. The number of hydrogen-bond acceptors (Lipinski definition) is 5. The van der Waals surface area contributed by atoms with Crippen molar-refractivity contribution in [2.75, 3.05) is 24.7 Å². The Bertz CT molecular complexity index is 741. The highest BCUT2D eigenvalue weighted by Gasteiger charge is 2.24. The van der Waals surface area contributed by atoms with Crippen LogP contribution in [0.5, 0.6) is 0 Å². The van der Waals surface area contributed by atoms with Gasteiger partial charge in [-0.2, -0.15) is 0 Å². The van der Waals surface area contributed by atoms with Crippen molar-refractivity contribution in [3.05, 3.63) is 48.4 Å². The molecular weight excluding hydrogens is 326 g/mol. The van der Waals surface area contributed by atoms with Crippen LogP contribution in [0.15, 0.2) is 48.4 Å². The largest absolute Gasteiger partial charge is 0.377 e. The fraction of sp³-hybridized carbons (Fsp3) is 0.235. The summed E-state index contributed by atoms with van der Waals surface area (Å²) < 4.78 is 5.02. The molecule has 0 saturated carbocycles. The Morgan fingerprint density at radius 1 is 1.38 bits per heavy atom. The molecule has 1 saturated heterocycles. The second-order valence-corrected chi connectivity index (χ2v) is 6.15. The number of hydrogen-bond donors (Lipinski definition) is 1. The summed E-state index contributed by atoms with van der Waals surface area (Å²) >= 11 is 1.32. The molecule has 24 heavy (non-hydrogen) atoms. The summed E-state index contributed by atoms with van der Waals surface area (Å²) in [6.07, 6.45) is 1.18. The quantitative estimate of drug-likeness (QED) is 0.813. The van der Waals surface area contributed by atoms with Crippen LogP contribution in [0.2, 0.25) is 0 Å². The SMILES string of the molecule is C=CC(=O)N(CC(=O)NC1COC1)c1nc(-c2ccccc2)cs1. The molecule has 2 aromatic rings. The predicted molar refractivity (Wildman–Crippen MR) is 92.8 cm³/mol. The molecule has 1 fully saturated rings. The van der Waals surface area contributed by atoms with E-state index >= 15 is 0 Å². The zero-order valence-corrected chi connectivity index (χ0v) is 13.8. The summed E-state index contributed by atoms with van der Waals surface area (Å²) in [6, 6.07) is 9.70. The molecule has 2 heterocycles. The average Bonchev–Trinajstić information content (AvgIpc) is 3.06. The standard InChI is InChI=1S/C17H17N3O3S/c1-2-16(22)20(8-15(21)18-13-9-23-10-13)17-19-14(11-24-17)12-6-4-3-5-7-12/h2-7,11,13H,1,8-10H2,(H,18,21). The van der Waals surface area contributed by atoms with Gasteiger partial charge >= 0.3 is 0 Å². The molecule has 1 aliphatic heterocycles. The van der Waals surface area contributed by atoms with Crippen molar-refractivity contribution < 1.29 is 14.3 Å². The first-order valence-electron chi connectivity index (χ1n) is 7.49. The Morgan fingerprint density at radius 3 is 2.75 bits per heavy atom. The van der Waals surface area contributed by atoms with E-state index in [0.29, 0.717) is 18.3 Å². The van der Waals surface area contributed by atoms with Gasteiger partial charge in [-0.1, -0.05) is 36.9 Å². The van der Waals surface area contributed by atoms with Crippen LogP contribution in [0.4, 0.5) is 5.13 Å². The maximum atomic E-state index is 12.1. The molecule has 0 bridgehead atoms. The maximum Gasteiger partial charge on any atom is 0.252 e. The van der Waals surface area contributed by atoms with Crippen molar-refractivity contribution in [3.63, 3.8) is 0 Å². The number of thiazole rings is 1. The van der Waals surface area contributed by atoms with Crippen molar-refractivity contribution in [2.24, 2.45) is 0 Å². The summed E-state index contributed by atoms with van der Waals surface area (Å²) in [5, 5.41) is 5.16. The second kappa shape index (κ2) is 7.37. The minimum atomic E-state index is -0.357. The third kappa shape index (κ3) is 3.69. The first-order valence-corrected chi connectivity index (χ1v) is 8.37. The van der Waals surface area contributed by atoms with Gasteiger partial charge in [-0.15, -0.1) is 11.3 Å². The fourth-order valence-electron chi connectivity index (χ4n) is 2.22. The molecule has 3 rings (SSSR count). The smallest absolute Gasteiger partial charge is 0.252 e. The zero-order valence-electron chi connectivity index (χ0n) is 13.0. The summed E-state index contributed by atoms with van der Waals surface area (Å²) in [6.45, 7) is 4.43. The molecular formula is C17H17N3O3S. The molecule has 1 aromatic carbocycles. The molecule has 1 aliphatic rings. The molecule has 0 atom stereocenters. The van der Waals surface area contributed by atoms with Crippen LogP contribution in [0.3, 0.4) is 0 Å². The number of carbonyl (C=O) groups excluding carboxylic acids is 2. The van der Waals surface area contributed by atoms with Gasteiger partial charge < -0.3 is 10.1 Å². The molecule has 0 unspecified atom stereocenters. The van der Waals surface area contributed by atoms with Crippen LogP contribution in [-0.2, 0) is 14.3 Å². The zero-order chi connectivity index (χ0) is 16.9. The number of anilines is 1. The number of nitrogens with one attached hydrogen (secondary N) is 1. The molecule has 1 aromatic heterocycles. The van der Waals surface area contributed by atoms with Crippen molar-refractivity contribution in [1.29, 1.82) is 0 Å². The summed E-state index contributed by atoms with van der Waals surface area (Å²) in [5.74, 6) is -0.598. The lowest BCUT2D eigenvalue weighted by Crippen LogP contribution is -2.51. The molecule has 1 N–H and O–H groups in total. The monoisotopic (exact) mass is 343 g/mol. The topological polar surface area (TPSA) is 71.5 Å². The van der Waals surface area contributed by atoms with E-state index in [0.717, 1.165) is 11.3 Å². The summed E-state index contributed by atoms with van der Waals surface area (Å²) in [5.41, 5.74) is 1.73. The van der Waals surface area contributed by atoms with Crippen LogP contribution in [0.25, 0.3) is 11.3 Å². The molecule has 6 nitrogen and oxygen atoms in total. The Kier molecular flexibility index (Phi) is 5.02. The Labute approximate surface area is 143 Å². The van der Waals surface area contributed by atoms with Crippen LogP contribution in [0.1, 0.15) is 0 Å². The van der Waals surface area contributed by atoms with E-state index in [1.807, 2.05) is 35.7 Å². The van der Waals surface area contributed by atoms with Crippen LogP contribution >= 0.6 is 11.3 Å². The third-order valence-electron chi connectivity index (χ3n) is 3.54. The lowest BCUT2D eigenvalue weighted by Gasteiger charge is -2.27. The van der Waals surface area contributed by atoms with Crippen LogP contribution < -0.4 is 10.2 Å². The number of amides is 2. The number of benzene rings is 1. The van der Waals surface area contributed by atoms with Crippen molar-refractivity contribution in [3.8, 4) is 11.3 Å². The van der Waals surface area contributed by atoms with Gasteiger partial charge in [-0.3, -0.25) is 14.5 Å². The number of ether oxygens (including phenoxy) is 1. The minimum Gasteiger partial charge on any atom is -0.377 e. The lowest BCUT2D eigenvalue weighted by molar-refractivity contribution is -0.125. The van der Waals surface area contributed by atoms with E-state index < -0.39 is 0 Å².